The number of carbonyl (C=O) groups is 3. The first-order valence-corrected chi connectivity index (χ1v) is 2.74. The van der Waals surface area contributed by atoms with Crippen LogP contribution in [0.4, 0.5) is 14.4 Å². The molecular formula is C3H6N4O3S. The Morgan fingerprint density at radius 2 is 1.73 bits per heavy atom. The molecule has 0 aromatic carbocycles. The maximum absolute atomic E-state index is 10.5. The monoisotopic (exact) mass is 178 g/mol. The van der Waals surface area contributed by atoms with Crippen LogP contribution in [-0.2, 0) is 0 Å². The first-order valence-electron chi connectivity index (χ1n) is 2.34. The maximum Gasteiger partial charge on any atom is 0.343 e. The Morgan fingerprint density at radius 1 is 1.27 bits per heavy atom. The zero-order valence-corrected chi connectivity index (χ0v) is 6.17. The Kier molecular flexibility index (Phi) is 3.18. The topological polar surface area (TPSA) is 119 Å². The minimum atomic E-state index is -1.10. The summed E-state index contributed by atoms with van der Waals surface area (Å²) in [4.78, 5) is 30.7. The summed E-state index contributed by atoms with van der Waals surface area (Å²) in [6, 6.07) is -3.28. The van der Waals surface area contributed by atoms with E-state index < -0.39 is 18.1 Å². The Labute approximate surface area is 67.2 Å². The lowest BCUT2D eigenvalue weighted by atomic mass is 10.8. The van der Waals surface area contributed by atoms with Crippen LogP contribution in [0.2, 0.25) is 0 Å². The molecule has 0 bridgehead atoms. The molecule has 0 rings (SSSR count). The smallest absolute Gasteiger partial charge is 0.343 e. The number of nitrogens with one attached hydrogen (secondary N) is 1. The Bertz CT molecular complexity index is 205. The van der Waals surface area contributed by atoms with E-state index in [2.05, 4.69) is 24.3 Å². The SMILES string of the molecule is NC(=O)NC(=O)N(S)C(N)=O. The molecule has 0 saturated carbocycles. The Balaban J connectivity index is 4.04. The highest BCUT2D eigenvalue weighted by Gasteiger charge is 2.15. The number of hydrogen-bond donors (Lipinski definition) is 4. The molecule has 0 aliphatic heterocycles. The molecule has 7 nitrogen and oxygen atoms in total. The first kappa shape index (κ1) is 9.56. The summed E-state index contributed by atoms with van der Waals surface area (Å²) < 4.78 is 0.213. The predicted octanol–water partition coefficient (Wildman–Crippen LogP) is -1.000. The third-order valence-electron chi connectivity index (χ3n) is 0.631. The summed E-state index contributed by atoms with van der Waals surface area (Å²) in [6.07, 6.45) is 0. The van der Waals surface area contributed by atoms with Crippen molar-refractivity contribution in [2.24, 2.45) is 11.5 Å². The van der Waals surface area contributed by atoms with E-state index in [1.165, 1.54) is 0 Å². The number of nitrogens with zero attached hydrogens (tertiary/aromatic N) is 1. The van der Waals surface area contributed by atoms with Gasteiger partial charge in [0.15, 0.2) is 0 Å². The van der Waals surface area contributed by atoms with Crippen LogP contribution in [0.3, 0.4) is 0 Å². The summed E-state index contributed by atoms with van der Waals surface area (Å²) >= 11 is 3.33. The third kappa shape index (κ3) is 3.30. The Morgan fingerprint density at radius 3 is 2.00 bits per heavy atom. The summed E-state index contributed by atoms with van der Waals surface area (Å²) in [5, 5.41) is 1.57. The molecule has 6 amide bonds. The molecule has 11 heavy (non-hydrogen) atoms. The summed E-state index contributed by atoms with van der Waals surface area (Å²) in [5.74, 6) is 0. The highest BCUT2D eigenvalue weighted by Crippen LogP contribution is 1.91. The van der Waals surface area contributed by atoms with Gasteiger partial charge in [-0.15, -0.1) is 0 Å². The number of primary amides is 2. The largest absolute Gasteiger partial charge is 0.351 e. The van der Waals surface area contributed by atoms with Crippen LogP contribution in [0.5, 0.6) is 0 Å². The molecule has 62 valence electrons. The van der Waals surface area contributed by atoms with E-state index in [1.807, 2.05) is 0 Å². The van der Waals surface area contributed by atoms with Gasteiger partial charge in [-0.2, -0.15) is 4.31 Å². The lowest BCUT2D eigenvalue weighted by molar-refractivity contribution is 0.213. The van der Waals surface area contributed by atoms with E-state index in [1.54, 1.807) is 5.32 Å². The number of hydrogen-bond acceptors (Lipinski definition) is 4. The van der Waals surface area contributed by atoms with Crippen LogP contribution in [0.25, 0.3) is 0 Å². The molecule has 0 atom stereocenters. The lowest BCUT2D eigenvalue weighted by Gasteiger charge is -2.08. The first-order chi connectivity index (χ1) is 4.95. The normalized spacial score (nSPS) is 8.45. The van der Waals surface area contributed by atoms with Crippen molar-refractivity contribution >= 4 is 30.9 Å². The van der Waals surface area contributed by atoms with Crippen LogP contribution in [-0.4, -0.2) is 22.4 Å². The molecule has 0 heterocycles. The van der Waals surface area contributed by atoms with Crippen molar-refractivity contribution in [1.29, 1.82) is 0 Å². The fraction of sp³-hybridized carbons (Fsp3) is 0. The van der Waals surface area contributed by atoms with E-state index in [9.17, 15) is 14.4 Å². The summed E-state index contributed by atoms with van der Waals surface area (Å²) in [5.41, 5.74) is 9.16. The van der Waals surface area contributed by atoms with Gasteiger partial charge in [0, 0.05) is 0 Å². The van der Waals surface area contributed by atoms with Gasteiger partial charge in [0.05, 0.1) is 0 Å². The van der Waals surface area contributed by atoms with Crippen molar-refractivity contribution in [3.8, 4) is 0 Å². The van der Waals surface area contributed by atoms with Crippen LogP contribution in [0, 0.1) is 0 Å². The van der Waals surface area contributed by atoms with E-state index in [4.69, 9.17) is 0 Å². The minimum absolute atomic E-state index is 0.213. The van der Waals surface area contributed by atoms with Crippen LogP contribution >= 0.6 is 12.8 Å². The van der Waals surface area contributed by atoms with E-state index in [0.717, 1.165) is 0 Å². The van der Waals surface area contributed by atoms with Gasteiger partial charge in [0.1, 0.15) is 0 Å². The number of carbonyl (C=O) groups excluding carboxylic acids is 3. The second-order valence-corrected chi connectivity index (χ2v) is 1.84. The predicted molar refractivity (Wildman–Crippen MR) is 38.5 cm³/mol. The summed E-state index contributed by atoms with van der Waals surface area (Å²) in [6.45, 7) is 0. The molecule has 5 N–H and O–H groups in total. The quantitative estimate of drug-likeness (QED) is 0.356. The van der Waals surface area contributed by atoms with Crippen molar-refractivity contribution in [1.82, 2.24) is 9.62 Å². The van der Waals surface area contributed by atoms with Gasteiger partial charge >= 0.3 is 18.1 Å². The summed E-state index contributed by atoms with van der Waals surface area (Å²) in [7, 11) is 0. The van der Waals surface area contributed by atoms with Gasteiger partial charge in [0.2, 0.25) is 0 Å². The fourth-order valence-corrected chi connectivity index (χ4v) is 0.308. The molecule has 0 aromatic rings. The van der Waals surface area contributed by atoms with Crippen molar-refractivity contribution in [3.63, 3.8) is 0 Å². The second kappa shape index (κ2) is 3.66. The van der Waals surface area contributed by atoms with Gasteiger partial charge in [-0.25, -0.2) is 14.4 Å². The molecule has 0 aromatic heterocycles. The van der Waals surface area contributed by atoms with Gasteiger partial charge in [-0.1, -0.05) is 12.8 Å². The number of nitrogens with two attached hydrogens (primary N) is 2. The average Bonchev–Trinajstić information content (AvgIpc) is 1.84. The standard InChI is InChI=1S/C3H6N4O3S/c4-1(8)6-3(10)7(11)2(5)9/h11H,(H2,5,9)(H3,4,6,8,10). The van der Waals surface area contributed by atoms with Crippen LogP contribution < -0.4 is 16.8 Å². The molecule has 0 aliphatic carbocycles. The minimum Gasteiger partial charge on any atom is -0.351 e. The van der Waals surface area contributed by atoms with Gasteiger partial charge in [0.25, 0.3) is 0 Å². The van der Waals surface area contributed by atoms with Crippen LogP contribution in [0.1, 0.15) is 0 Å². The van der Waals surface area contributed by atoms with Gasteiger partial charge in [-0.3, -0.25) is 5.32 Å². The number of urea groups is 3. The molecule has 0 saturated heterocycles. The molecule has 0 aliphatic rings. The Hall–Kier alpha value is -1.44. The van der Waals surface area contributed by atoms with Crippen LogP contribution in [0.15, 0.2) is 0 Å². The number of thiol groups is 1. The number of rotatable bonds is 0. The second-order valence-electron chi connectivity index (χ2n) is 1.44. The van der Waals surface area contributed by atoms with E-state index in [-0.39, 0.29) is 4.31 Å². The fourth-order valence-electron chi connectivity index (χ4n) is 0.258. The van der Waals surface area contributed by atoms with Crippen molar-refractivity contribution in [2.75, 3.05) is 0 Å². The molecule has 0 spiro atoms. The van der Waals surface area contributed by atoms with Crippen molar-refractivity contribution in [2.45, 2.75) is 0 Å². The molecule has 0 fully saturated rings. The van der Waals surface area contributed by atoms with Crippen molar-refractivity contribution < 1.29 is 14.4 Å². The highest BCUT2D eigenvalue weighted by molar-refractivity contribution is 7.79. The van der Waals surface area contributed by atoms with E-state index in [0.29, 0.717) is 0 Å². The lowest BCUT2D eigenvalue weighted by Crippen LogP contribution is -2.45. The molecule has 0 unspecified atom stereocenters. The zero-order chi connectivity index (χ0) is 9.02. The highest BCUT2D eigenvalue weighted by atomic mass is 32.1. The molecule has 0 radical (unpaired) electrons. The third-order valence-corrected chi connectivity index (χ3v) is 1.01. The van der Waals surface area contributed by atoms with Crippen molar-refractivity contribution in [3.05, 3.63) is 0 Å². The average molecular weight is 178 g/mol. The maximum atomic E-state index is 10.5. The molecular weight excluding hydrogens is 172 g/mol. The van der Waals surface area contributed by atoms with Gasteiger partial charge < -0.3 is 11.5 Å². The van der Waals surface area contributed by atoms with E-state index >= 15 is 0 Å². The number of amides is 6. The van der Waals surface area contributed by atoms with Gasteiger partial charge in [-0.05, 0) is 0 Å². The molecule has 8 heteroatoms. The zero-order valence-electron chi connectivity index (χ0n) is 5.27. The number of imide groups is 2.